The van der Waals surface area contributed by atoms with Crippen molar-refractivity contribution in [1.82, 2.24) is 15.6 Å². The number of carbonyl (C=O) groups excluding carboxylic acids is 2. The maximum atomic E-state index is 11.9. The number of para-hydroxylation sites is 1. The van der Waals surface area contributed by atoms with Crippen LogP contribution in [-0.2, 0) is 16.0 Å². The van der Waals surface area contributed by atoms with E-state index in [0.717, 1.165) is 29.3 Å². The normalized spacial score (nSPS) is 10.5. The molecule has 0 radical (unpaired) electrons. The minimum atomic E-state index is -0.0154. The molecule has 0 saturated carbocycles. The Morgan fingerprint density at radius 1 is 1.10 bits per heavy atom. The van der Waals surface area contributed by atoms with Crippen LogP contribution in [0.3, 0.4) is 0 Å². The molecule has 112 valence electrons. The van der Waals surface area contributed by atoms with Gasteiger partial charge in [-0.05, 0) is 24.5 Å². The summed E-state index contributed by atoms with van der Waals surface area (Å²) in [4.78, 5) is 25.8. The highest BCUT2D eigenvalue weighted by atomic mass is 16.2. The fourth-order valence-corrected chi connectivity index (χ4v) is 2.26. The zero-order valence-corrected chi connectivity index (χ0v) is 12.2. The third kappa shape index (κ3) is 4.63. The van der Waals surface area contributed by atoms with Gasteiger partial charge in [0, 0.05) is 37.1 Å². The Bertz CT molecular complexity index is 619. The number of nitrogens with one attached hydrogen (secondary N) is 3. The first-order valence-corrected chi connectivity index (χ1v) is 7.23. The van der Waals surface area contributed by atoms with Gasteiger partial charge in [0.15, 0.2) is 0 Å². The molecule has 3 N–H and O–H groups in total. The molecule has 0 aliphatic carbocycles. The SMILES string of the molecule is CC(=O)NCCCCNC(=O)Cc1c[nH]c2ccccc12. The molecule has 5 nitrogen and oxygen atoms in total. The quantitative estimate of drug-likeness (QED) is 0.679. The Kier molecular flexibility index (Phi) is 5.37. The molecule has 0 aliphatic heterocycles. The van der Waals surface area contributed by atoms with Crippen LogP contribution in [0.15, 0.2) is 30.5 Å². The van der Waals surface area contributed by atoms with Crippen molar-refractivity contribution in [3.05, 3.63) is 36.0 Å². The Morgan fingerprint density at radius 2 is 1.81 bits per heavy atom. The number of carbonyl (C=O) groups is 2. The van der Waals surface area contributed by atoms with Crippen LogP contribution in [0.4, 0.5) is 0 Å². The number of hydrogen-bond acceptors (Lipinski definition) is 2. The van der Waals surface area contributed by atoms with E-state index in [0.29, 0.717) is 19.5 Å². The largest absolute Gasteiger partial charge is 0.361 e. The van der Waals surface area contributed by atoms with Gasteiger partial charge in [-0.1, -0.05) is 18.2 Å². The second-order valence-corrected chi connectivity index (χ2v) is 5.08. The average Bonchev–Trinajstić information content (AvgIpc) is 2.86. The molecule has 0 saturated heterocycles. The summed E-state index contributed by atoms with van der Waals surface area (Å²) in [6.45, 7) is 2.80. The van der Waals surface area contributed by atoms with E-state index in [2.05, 4.69) is 15.6 Å². The van der Waals surface area contributed by atoms with Gasteiger partial charge in [-0.25, -0.2) is 0 Å². The van der Waals surface area contributed by atoms with Crippen molar-refractivity contribution in [3.63, 3.8) is 0 Å². The maximum absolute atomic E-state index is 11.9. The van der Waals surface area contributed by atoms with Gasteiger partial charge >= 0.3 is 0 Å². The smallest absolute Gasteiger partial charge is 0.224 e. The summed E-state index contributed by atoms with van der Waals surface area (Å²) in [5.74, 6) is 0.0117. The van der Waals surface area contributed by atoms with Crippen molar-refractivity contribution in [2.45, 2.75) is 26.2 Å². The Labute approximate surface area is 124 Å². The molecule has 2 rings (SSSR count). The maximum Gasteiger partial charge on any atom is 0.224 e. The fraction of sp³-hybridized carbons (Fsp3) is 0.375. The minimum Gasteiger partial charge on any atom is -0.361 e. The van der Waals surface area contributed by atoms with Gasteiger partial charge in [0.1, 0.15) is 0 Å². The molecular formula is C16H21N3O2. The summed E-state index contributed by atoms with van der Waals surface area (Å²) < 4.78 is 0. The first-order valence-electron chi connectivity index (χ1n) is 7.23. The lowest BCUT2D eigenvalue weighted by molar-refractivity contribution is -0.121. The molecule has 0 bridgehead atoms. The van der Waals surface area contributed by atoms with Gasteiger partial charge in [0.05, 0.1) is 6.42 Å². The summed E-state index contributed by atoms with van der Waals surface area (Å²) in [6, 6.07) is 7.96. The van der Waals surface area contributed by atoms with E-state index in [1.807, 2.05) is 30.5 Å². The minimum absolute atomic E-state index is 0.0154. The predicted octanol–water partition coefficient (Wildman–Crippen LogP) is 1.74. The average molecular weight is 287 g/mol. The number of fused-ring (bicyclic) bond motifs is 1. The molecule has 0 fully saturated rings. The number of unbranched alkanes of at least 4 members (excludes halogenated alkanes) is 1. The second kappa shape index (κ2) is 7.47. The predicted molar refractivity (Wildman–Crippen MR) is 82.9 cm³/mol. The monoisotopic (exact) mass is 287 g/mol. The van der Waals surface area contributed by atoms with Gasteiger partial charge < -0.3 is 15.6 Å². The number of amides is 2. The zero-order chi connectivity index (χ0) is 15.1. The van der Waals surface area contributed by atoms with Crippen LogP contribution in [0.2, 0.25) is 0 Å². The number of aromatic amines is 1. The van der Waals surface area contributed by atoms with Gasteiger partial charge in [-0.3, -0.25) is 9.59 Å². The summed E-state index contributed by atoms with van der Waals surface area (Å²) in [5.41, 5.74) is 2.07. The fourth-order valence-electron chi connectivity index (χ4n) is 2.26. The molecule has 1 heterocycles. The zero-order valence-electron chi connectivity index (χ0n) is 12.2. The summed E-state index contributed by atoms with van der Waals surface area (Å²) in [5, 5.41) is 6.74. The number of rotatable bonds is 7. The van der Waals surface area contributed by atoms with Crippen LogP contribution in [-0.4, -0.2) is 29.9 Å². The van der Waals surface area contributed by atoms with Crippen molar-refractivity contribution in [1.29, 1.82) is 0 Å². The van der Waals surface area contributed by atoms with Crippen LogP contribution in [0.25, 0.3) is 10.9 Å². The van der Waals surface area contributed by atoms with E-state index < -0.39 is 0 Å². The molecular weight excluding hydrogens is 266 g/mol. The third-order valence-corrected chi connectivity index (χ3v) is 3.33. The Balaban J connectivity index is 1.71. The topological polar surface area (TPSA) is 74.0 Å². The number of aromatic nitrogens is 1. The summed E-state index contributed by atoms with van der Waals surface area (Å²) >= 11 is 0. The van der Waals surface area contributed by atoms with Crippen LogP contribution in [0.5, 0.6) is 0 Å². The molecule has 0 spiro atoms. The molecule has 0 atom stereocenters. The van der Waals surface area contributed by atoms with Crippen LogP contribution < -0.4 is 10.6 Å². The van der Waals surface area contributed by atoms with Crippen molar-refractivity contribution < 1.29 is 9.59 Å². The van der Waals surface area contributed by atoms with E-state index in [9.17, 15) is 9.59 Å². The van der Waals surface area contributed by atoms with E-state index in [1.54, 1.807) is 0 Å². The number of hydrogen-bond donors (Lipinski definition) is 3. The van der Waals surface area contributed by atoms with E-state index >= 15 is 0 Å². The second-order valence-electron chi connectivity index (χ2n) is 5.08. The highest BCUT2D eigenvalue weighted by molar-refractivity contribution is 5.88. The van der Waals surface area contributed by atoms with Gasteiger partial charge in [-0.2, -0.15) is 0 Å². The number of benzene rings is 1. The molecule has 1 aromatic carbocycles. The van der Waals surface area contributed by atoms with Crippen molar-refractivity contribution in [2.75, 3.05) is 13.1 Å². The molecule has 0 aliphatic rings. The summed E-state index contributed by atoms with van der Waals surface area (Å²) in [7, 11) is 0. The van der Waals surface area contributed by atoms with E-state index in [4.69, 9.17) is 0 Å². The van der Waals surface area contributed by atoms with E-state index in [1.165, 1.54) is 6.92 Å². The third-order valence-electron chi connectivity index (χ3n) is 3.33. The molecule has 0 unspecified atom stereocenters. The van der Waals surface area contributed by atoms with Crippen LogP contribution in [0, 0.1) is 0 Å². The Hall–Kier alpha value is -2.30. The lowest BCUT2D eigenvalue weighted by Crippen LogP contribution is -2.27. The lowest BCUT2D eigenvalue weighted by atomic mass is 10.1. The molecule has 5 heteroatoms. The Morgan fingerprint density at radius 3 is 2.57 bits per heavy atom. The highest BCUT2D eigenvalue weighted by Gasteiger charge is 2.07. The van der Waals surface area contributed by atoms with E-state index in [-0.39, 0.29) is 11.8 Å². The first-order chi connectivity index (χ1) is 10.2. The van der Waals surface area contributed by atoms with Crippen LogP contribution in [0.1, 0.15) is 25.3 Å². The van der Waals surface area contributed by atoms with Crippen molar-refractivity contribution in [3.8, 4) is 0 Å². The standard InChI is InChI=1S/C16H21N3O2/c1-12(20)17-8-4-5-9-18-16(21)10-13-11-19-15-7-3-2-6-14(13)15/h2-3,6-7,11,19H,4-5,8-10H2,1H3,(H,17,20)(H,18,21). The van der Waals surface area contributed by atoms with Gasteiger partial charge in [-0.15, -0.1) is 0 Å². The lowest BCUT2D eigenvalue weighted by Gasteiger charge is -2.05. The van der Waals surface area contributed by atoms with Gasteiger partial charge in [0.2, 0.25) is 11.8 Å². The first kappa shape index (κ1) is 15.1. The van der Waals surface area contributed by atoms with Crippen molar-refractivity contribution in [2.24, 2.45) is 0 Å². The van der Waals surface area contributed by atoms with Crippen LogP contribution >= 0.6 is 0 Å². The molecule has 1 aromatic heterocycles. The molecule has 21 heavy (non-hydrogen) atoms. The number of H-pyrrole nitrogens is 1. The molecule has 2 aromatic rings. The van der Waals surface area contributed by atoms with Crippen molar-refractivity contribution >= 4 is 22.7 Å². The van der Waals surface area contributed by atoms with Gasteiger partial charge in [0.25, 0.3) is 0 Å². The highest BCUT2D eigenvalue weighted by Crippen LogP contribution is 2.17. The molecule has 2 amide bonds. The summed E-state index contributed by atoms with van der Waals surface area (Å²) in [6.07, 6.45) is 4.00.